The molecule has 3 N–H and O–H groups in total. The molecule has 3 heteroatoms. The van der Waals surface area contributed by atoms with Crippen LogP contribution in [0.25, 0.3) is 0 Å². The molecule has 0 aliphatic carbocycles. The van der Waals surface area contributed by atoms with Crippen LogP contribution in [0.4, 0.5) is 0 Å². The summed E-state index contributed by atoms with van der Waals surface area (Å²) in [6.45, 7) is 3.13. The first-order chi connectivity index (χ1) is 9.15. The van der Waals surface area contributed by atoms with Gasteiger partial charge in [0.2, 0.25) is 0 Å². The number of aliphatic hydroxyl groups is 1. The van der Waals surface area contributed by atoms with Gasteiger partial charge in [-0.25, -0.2) is 0 Å². The van der Waals surface area contributed by atoms with Gasteiger partial charge in [-0.15, -0.1) is 0 Å². The molecule has 0 spiro atoms. The van der Waals surface area contributed by atoms with Gasteiger partial charge in [-0.3, -0.25) is 0 Å². The normalized spacial score (nSPS) is 12.3. The van der Waals surface area contributed by atoms with E-state index in [4.69, 9.17) is 0 Å². The van der Waals surface area contributed by atoms with Crippen LogP contribution in [-0.2, 0) is 6.54 Å². The first-order valence-electron chi connectivity index (χ1n) is 6.38. The van der Waals surface area contributed by atoms with Gasteiger partial charge >= 0.3 is 0 Å². The largest absolute Gasteiger partial charge is 0.508 e. The van der Waals surface area contributed by atoms with Gasteiger partial charge in [0.05, 0.1) is 6.10 Å². The molecular formula is C16H19NO2. The minimum Gasteiger partial charge on any atom is -0.508 e. The lowest BCUT2D eigenvalue weighted by Gasteiger charge is -2.12. The molecule has 2 aromatic rings. The Kier molecular flexibility index (Phi) is 4.55. The fraction of sp³-hybridized carbons (Fsp3) is 0.250. The van der Waals surface area contributed by atoms with Gasteiger partial charge in [0, 0.05) is 13.1 Å². The van der Waals surface area contributed by atoms with Gasteiger partial charge in [-0.05, 0) is 30.2 Å². The molecule has 1 unspecified atom stereocenters. The zero-order valence-electron chi connectivity index (χ0n) is 11.0. The van der Waals surface area contributed by atoms with Crippen LogP contribution in [-0.4, -0.2) is 16.8 Å². The molecule has 100 valence electrons. The molecule has 0 heterocycles. The summed E-state index contributed by atoms with van der Waals surface area (Å²) < 4.78 is 0. The Morgan fingerprint density at radius 1 is 1.11 bits per heavy atom. The summed E-state index contributed by atoms with van der Waals surface area (Å²) in [5.41, 5.74) is 3.09. The van der Waals surface area contributed by atoms with Crippen LogP contribution in [0.15, 0.2) is 48.5 Å². The van der Waals surface area contributed by atoms with Crippen molar-refractivity contribution in [1.29, 1.82) is 0 Å². The highest BCUT2D eigenvalue weighted by Crippen LogP contribution is 2.14. The Balaban J connectivity index is 1.84. The third-order valence-corrected chi connectivity index (χ3v) is 3.04. The first kappa shape index (κ1) is 13.6. The van der Waals surface area contributed by atoms with E-state index < -0.39 is 6.10 Å². The molecule has 0 amide bonds. The second-order valence-electron chi connectivity index (χ2n) is 4.73. The van der Waals surface area contributed by atoms with Crippen molar-refractivity contribution in [2.45, 2.75) is 19.6 Å². The molecule has 0 radical (unpaired) electrons. The number of aromatic hydroxyl groups is 1. The number of hydrogen-bond acceptors (Lipinski definition) is 3. The molecule has 0 aromatic heterocycles. The minimum atomic E-state index is -0.516. The summed E-state index contributed by atoms with van der Waals surface area (Å²) >= 11 is 0. The highest BCUT2D eigenvalue weighted by Gasteiger charge is 2.06. The fourth-order valence-electron chi connectivity index (χ4n) is 1.93. The van der Waals surface area contributed by atoms with E-state index in [9.17, 15) is 10.2 Å². The molecule has 0 fully saturated rings. The van der Waals surface area contributed by atoms with Crippen LogP contribution in [0.1, 0.15) is 22.8 Å². The maximum absolute atomic E-state index is 10.0. The van der Waals surface area contributed by atoms with Crippen molar-refractivity contribution in [2.75, 3.05) is 6.54 Å². The molecule has 1 atom stereocenters. The highest BCUT2D eigenvalue weighted by atomic mass is 16.3. The van der Waals surface area contributed by atoms with Crippen LogP contribution in [0.5, 0.6) is 5.75 Å². The van der Waals surface area contributed by atoms with Crippen molar-refractivity contribution in [3.8, 4) is 5.75 Å². The monoisotopic (exact) mass is 257 g/mol. The van der Waals surface area contributed by atoms with Gasteiger partial charge in [-0.2, -0.15) is 0 Å². The third kappa shape index (κ3) is 4.09. The molecule has 19 heavy (non-hydrogen) atoms. The molecule has 2 aromatic carbocycles. The second kappa shape index (κ2) is 6.36. The van der Waals surface area contributed by atoms with Crippen LogP contribution < -0.4 is 5.32 Å². The van der Waals surface area contributed by atoms with E-state index in [1.807, 2.05) is 43.3 Å². The average Bonchev–Trinajstić information content (AvgIpc) is 2.39. The van der Waals surface area contributed by atoms with Crippen molar-refractivity contribution >= 4 is 0 Å². The smallest absolute Gasteiger partial charge is 0.115 e. The number of rotatable bonds is 5. The van der Waals surface area contributed by atoms with Gasteiger partial charge in [-0.1, -0.05) is 42.0 Å². The summed E-state index contributed by atoms with van der Waals surface area (Å²) in [5.74, 6) is 0.262. The van der Waals surface area contributed by atoms with Crippen LogP contribution in [0.3, 0.4) is 0 Å². The standard InChI is InChI=1S/C16H19NO2/c1-12-5-7-14(8-6-12)16(19)11-17-10-13-3-2-4-15(18)9-13/h2-9,16-19H,10-11H2,1H3. The predicted octanol–water partition coefficient (Wildman–Crippen LogP) is 2.52. The number of phenols is 1. The zero-order chi connectivity index (χ0) is 13.7. The van der Waals surface area contributed by atoms with E-state index in [1.165, 1.54) is 5.56 Å². The number of hydrogen-bond donors (Lipinski definition) is 3. The van der Waals surface area contributed by atoms with Gasteiger partial charge in [0.25, 0.3) is 0 Å². The fourth-order valence-corrected chi connectivity index (χ4v) is 1.93. The second-order valence-corrected chi connectivity index (χ2v) is 4.73. The number of aryl methyl sites for hydroxylation is 1. The molecule has 0 bridgehead atoms. The van der Waals surface area contributed by atoms with Crippen LogP contribution in [0, 0.1) is 6.92 Å². The highest BCUT2D eigenvalue weighted by molar-refractivity contribution is 5.27. The summed E-state index contributed by atoms with van der Waals surface area (Å²) in [7, 11) is 0. The summed E-state index contributed by atoms with van der Waals surface area (Å²) in [5, 5.41) is 22.6. The van der Waals surface area contributed by atoms with E-state index in [0.29, 0.717) is 13.1 Å². The Morgan fingerprint density at radius 2 is 1.84 bits per heavy atom. The number of phenolic OH excluding ortho intramolecular Hbond substituents is 1. The quantitative estimate of drug-likeness (QED) is 0.771. The summed E-state index contributed by atoms with van der Waals surface area (Å²) in [6.07, 6.45) is -0.516. The van der Waals surface area contributed by atoms with Crippen molar-refractivity contribution in [3.05, 3.63) is 65.2 Å². The molecule has 3 nitrogen and oxygen atoms in total. The van der Waals surface area contributed by atoms with Crippen molar-refractivity contribution < 1.29 is 10.2 Å². The van der Waals surface area contributed by atoms with Crippen LogP contribution >= 0.6 is 0 Å². The maximum Gasteiger partial charge on any atom is 0.115 e. The lowest BCUT2D eigenvalue weighted by molar-refractivity contribution is 0.174. The van der Waals surface area contributed by atoms with Gasteiger partial charge in [0.1, 0.15) is 5.75 Å². The summed E-state index contributed by atoms with van der Waals surface area (Å²) in [4.78, 5) is 0. The number of aliphatic hydroxyl groups excluding tert-OH is 1. The van der Waals surface area contributed by atoms with Gasteiger partial charge in [0.15, 0.2) is 0 Å². The maximum atomic E-state index is 10.0. The molecule has 0 aliphatic heterocycles. The van der Waals surface area contributed by atoms with Crippen LogP contribution in [0.2, 0.25) is 0 Å². The average molecular weight is 257 g/mol. The van der Waals surface area contributed by atoms with E-state index in [1.54, 1.807) is 12.1 Å². The number of nitrogens with one attached hydrogen (secondary N) is 1. The van der Waals surface area contributed by atoms with E-state index in [-0.39, 0.29) is 5.75 Å². The Hall–Kier alpha value is -1.84. The van der Waals surface area contributed by atoms with Crippen molar-refractivity contribution in [1.82, 2.24) is 5.32 Å². The van der Waals surface area contributed by atoms with E-state index in [0.717, 1.165) is 11.1 Å². The summed E-state index contributed by atoms with van der Waals surface area (Å²) in [6, 6.07) is 15.0. The molecule has 0 saturated carbocycles. The molecule has 2 rings (SSSR count). The number of benzene rings is 2. The lowest BCUT2D eigenvalue weighted by atomic mass is 10.1. The Labute approximate surface area is 113 Å². The topological polar surface area (TPSA) is 52.5 Å². The Morgan fingerprint density at radius 3 is 2.53 bits per heavy atom. The lowest BCUT2D eigenvalue weighted by Crippen LogP contribution is -2.21. The van der Waals surface area contributed by atoms with Gasteiger partial charge < -0.3 is 15.5 Å². The predicted molar refractivity (Wildman–Crippen MR) is 76.0 cm³/mol. The van der Waals surface area contributed by atoms with E-state index in [2.05, 4.69) is 5.32 Å². The van der Waals surface area contributed by atoms with E-state index >= 15 is 0 Å². The SMILES string of the molecule is Cc1ccc(C(O)CNCc2cccc(O)c2)cc1. The van der Waals surface area contributed by atoms with Crippen molar-refractivity contribution in [2.24, 2.45) is 0 Å². The zero-order valence-corrected chi connectivity index (χ0v) is 11.0. The Bertz CT molecular complexity index is 523. The molecule has 0 aliphatic rings. The molecular weight excluding hydrogens is 238 g/mol. The van der Waals surface area contributed by atoms with Crippen molar-refractivity contribution in [3.63, 3.8) is 0 Å². The third-order valence-electron chi connectivity index (χ3n) is 3.04. The molecule has 0 saturated heterocycles. The minimum absolute atomic E-state index is 0.262. The first-order valence-corrected chi connectivity index (χ1v) is 6.38.